The molecule has 5 nitrogen and oxygen atoms in total. The second-order valence-corrected chi connectivity index (χ2v) is 7.27. The van der Waals surface area contributed by atoms with E-state index in [0.29, 0.717) is 31.7 Å². The standard InChI is InChI=1S/C22H23F3N2O3/c1-15-6-8-17(9-7-15)30-14-20(28)27-12-10-16(11-13-27)26-21(29)18-4-2-3-5-19(18)22(23,24)25/h2-9,16H,10-14H2,1H3,(H,26,29). The molecule has 2 aromatic carbocycles. The molecule has 0 spiro atoms. The molecule has 0 saturated carbocycles. The molecule has 0 radical (unpaired) electrons. The fourth-order valence-corrected chi connectivity index (χ4v) is 3.34. The van der Waals surface area contributed by atoms with Crippen molar-refractivity contribution in [3.63, 3.8) is 0 Å². The molecule has 0 atom stereocenters. The largest absolute Gasteiger partial charge is 0.484 e. The first-order chi connectivity index (χ1) is 14.2. The SMILES string of the molecule is Cc1ccc(OCC(=O)N2CCC(NC(=O)c3ccccc3C(F)(F)F)CC2)cc1. The number of halogens is 3. The average molecular weight is 420 g/mol. The molecule has 1 aliphatic heterocycles. The lowest BCUT2D eigenvalue weighted by Crippen LogP contribution is -2.47. The molecule has 2 amide bonds. The molecule has 1 heterocycles. The van der Waals surface area contributed by atoms with Crippen LogP contribution in [0.1, 0.15) is 34.3 Å². The van der Waals surface area contributed by atoms with Crippen molar-refractivity contribution in [1.29, 1.82) is 0 Å². The lowest BCUT2D eigenvalue weighted by Gasteiger charge is -2.32. The Kier molecular flexibility index (Phi) is 6.64. The monoisotopic (exact) mass is 420 g/mol. The van der Waals surface area contributed by atoms with Gasteiger partial charge in [0, 0.05) is 19.1 Å². The number of carbonyl (C=O) groups excluding carboxylic acids is 2. The Hall–Kier alpha value is -3.03. The van der Waals surface area contributed by atoms with E-state index in [2.05, 4.69) is 5.32 Å². The Morgan fingerprint density at radius 3 is 2.33 bits per heavy atom. The Balaban J connectivity index is 1.49. The molecule has 0 aliphatic carbocycles. The van der Waals surface area contributed by atoms with Gasteiger partial charge in [-0.15, -0.1) is 0 Å². The number of hydrogen-bond donors (Lipinski definition) is 1. The van der Waals surface area contributed by atoms with Crippen molar-refractivity contribution >= 4 is 11.8 Å². The molecule has 8 heteroatoms. The van der Waals surface area contributed by atoms with Crippen LogP contribution in [0.2, 0.25) is 0 Å². The van der Waals surface area contributed by atoms with Crippen LogP contribution in [0.25, 0.3) is 0 Å². The van der Waals surface area contributed by atoms with Crippen LogP contribution in [0.3, 0.4) is 0 Å². The molecular formula is C22H23F3N2O3. The lowest BCUT2D eigenvalue weighted by atomic mass is 10.0. The van der Waals surface area contributed by atoms with Gasteiger partial charge in [0.05, 0.1) is 11.1 Å². The number of nitrogens with one attached hydrogen (secondary N) is 1. The summed E-state index contributed by atoms with van der Waals surface area (Å²) in [5.41, 5.74) is -0.256. The van der Waals surface area contributed by atoms with Gasteiger partial charge in [-0.05, 0) is 44.0 Å². The minimum Gasteiger partial charge on any atom is -0.484 e. The van der Waals surface area contributed by atoms with Gasteiger partial charge in [0.1, 0.15) is 5.75 Å². The number of likely N-dealkylation sites (tertiary alicyclic amines) is 1. The number of carbonyl (C=O) groups is 2. The molecule has 3 rings (SSSR count). The number of ether oxygens (including phenoxy) is 1. The topological polar surface area (TPSA) is 58.6 Å². The van der Waals surface area contributed by atoms with Crippen LogP contribution in [0.4, 0.5) is 13.2 Å². The maximum atomic E-state index is 13.1. The van der Waals surface area contributed by atoms with Gasteiger partial charge in [-0.3, -0.25) is 9.59 Å². The summed E-state index contributed by atoms with van der Waals surface area (Å²) in [6, 6.07) is 11.8. The summed E-state index contributed by atoms with van der Waals surface area (Å²) in [4.78, 5) is 26.3. The Morgan fingerprint density at radius 1 is 1.07 bits per heavy atom. The van der Waals surface area contributed by atoms with Crippen LogP contribution in [0.5, 0.6) is 5.75 Å². The van der Waals surface area contributed by atoms with Crippen molar-refractivity contribution in [2.45, 2.75) is 32.0 Å². The van der Waals surface area contributed by atoms with Crippen molar-refractivity contribution in [3.8, 4) is 5.75 Å². The summed E-state index contributed by atoms with van der Waals surface area (Å²) in [5.74, 6) is -0.308. The molecule has 30 heavy (non-hydrogen) atoms. The predicted octanol–water partition coefficient (Wildman–Crippen LogP) is 3.81. The van der Waals surface area contributed by atoms with E-state index in [1.54, 1.807) is 17.0 Å². The highest BCUT2D eigenvalue weighted by Gasteiger charge is 2.35. The Bertz CT molecular complexity index is 889. The fraction of sp³-hybridized carbons (Fsp3) is 0.364. The molecule has 0 aromatic heterocycles. The van der Waals surface area contributed by atoms with Gasteiger partial charge in [-0.25, -0.2) is 0 Å². The van der Waals surface area contributed by atoms with Crippen LogP contribution >= 0.6 is 0 Å². The molecule has 1 N–H and O–H groups in total. The lowest BCUT2D eigenvalue weighted by molar-refractivity contribution is -0.138. The molecule has 1 saturated heterocycles. The first-order valence-corrected chi connectivity index (χ1v) is 9.68. The zero-order valence-corrected chi connectivity index (χ0v) is 16.5. The Morgan fingerprint density at radius 2 is 1.70 bits per heavy atom. The van der Waals surface area contributed by atoms with Crippen molar-refractivity contribution < 1.29 is 27.5 Å². The molecular weight excluding hydrogens is 397 g/mol. The number of piperidine rings is 1. The highest BCUT2D eigenvalue weighted by Crippen LogP contribution is 2.32. The van der Waals surface area contributed by atoms with Crippen LogP contribution in [0.15, 0.2) is 48.5 Å². The normalized spacial score (nSPS) is 15.0. The van der Waals surface area contributed by atoms with Gasteiger partial charge in [-0.2, -0.15) is 13.2 Å². The quantitative estimate of drug-likeness (QED) is 0.800. The van der Waals surface area contributed by atoms with E-state index in [9.17, 15) is 22.8 Å². The zero-order valence-electron chi connectivity index (χ0n) is 16.5. The van der Waals surface area contributed by atoms with Gasteiger partial charge < -0.3 is 15.0 Å². The zero-order chi connectivity index (χ0) is 21.7. The molecule has 2 aromatic rings. The van der Waals surface area contributed by atoms with Gasteiger partial charge in [-0.1, -0.05) is 29.8 Å². The third-order valence-electron chi connectivity index (χ3n) is 5.04. The summed E-state index contributed by atoms with van der Waals surface area (Å²) in [6.45, 7) is 2.68. The fourth-order valence-electron chi connectivity index (χ4n) is 3.34. The van der Waals surface area contributed by atoms with E-state index >= 15 is 0 Å². The number of rotatable bonds is 5. The second kappa shape index (κ2) is 9.19. The highest BCUT2D eigenvalue weighted by atomic mass is 19.4. The van der Waals surface area contributed by atoms with Crippen LogP contribution < -0.4 is 10.1 Å². The highest BCUT2D eigenvalue weighted by molar-refractivity contribution is 5.96. The maximum Gasteiger partial charge on any atom is 0.417 e. The minimum atomic E-state index is -4.60. The number of hydrogen-bond acceptors (Lipinski definition) is 3. The third kappa shape index (κ3) is 5.52. The first kappa shape index (κ1) is 21.7. The number of alkyl halides is 3. The molecule has 0 unspecified atom stereocenters. The predicted molar refractivity (Wildman–Crippen MR) is 105 cm³/mol. The summed E-state index contributed by atoms with van der Waals surface area (Å²) in [5, 5.41) is 2.66. The van der Waals surface area contributed by atoms with Gasteiger partial charge >= 0.3 is 6.18 Å². The number of benzene rings is 2. The Labute approximate surface area is 172 Å². The third-order valence-corrected chi connectivity index (χ3v) is 5.04. The van der Waals surface area contributed by atoms with E-state index in [4.69, 9.17) is 4.74 Å². The van der Waals surface area contributed by atoms with Crippen molar-refractivity contribution in [2.24, 2.45) is 0 Å². The van der Waals surface area contributed by atoms with Crippen molar-refractivity contribution in [3.05, 3.63) is 65.2 Å². The molecule has 0 bridgehead atoms. The van der Waals surface area contributed by atoms with E-state index in [1.165, 1.54) is 18.2 Å². The van der Waals surface area contributed by atoms with Crippen molar-refractivity contribution in [2.75, 3.05) is 19.7 Å². The van der Waals surface area contributed by atoms with E-state index in [-0.39, 0.29) is 18.6 Å². The first-order valence-electron chi connectivity index (χ1n) is 9.68. The van der Waals surface area contributed by atoms with Crippen molar-refractivity contribution in [1.82, 2.24) is 10.2 Å². The summed E-state index contributed by atoms with van der Waals surface area (Å²) in [7, 11) is 0. The summed E-state index contributed by atoms with van der Waals surface area (Å²) < 4.78 is 44.8. The molecule has 1 aliphatic rings. The van der Waals surface area contributed by atoms with Gasteiger partial charge in [0.2, 0.25) is 0 Å². The van der Waals surface area contributed by atoms with Gasteiger partial charge in [0.25, 0.3) is 11.8 Å². The molecule has 1 fully saturated rings. The van der Waals surface area contributed by atoms with Crippen LogP contribution in [-0.4, -0.2) is 42.5 Å². The minimum absolute atomic E-state index is 0.0843. The summed E-state index contributed by atoms with van der Waals surface area (Å²) >= 11 is 0. The average Bonchev–Trinajstić information content (AvgIpc) is 2.73. The summed E-state index contributed by atoms with van der Waals surface area (Å²) in [6.07, 6.45) is -3.66. The second-order valence-electron chi connectivity index (χ2n) is 7.27. The number of nitrogens with zero attached hydrogens (tertiary/aromatic N) is 1. The van der Waals surface area contributed by atoms with Crippen LogP contribution in [0, 0.1) is 6.92 Å². The van der Waals surface area contributed by atoms with E-state index < -0.39 is 23.2 Å². The van der Waals surface area contributed by atoms with Gasteiger partial charge in [0.15, 0.2) is 6.61 Å². The molecule has 160 valence electrons. The number of amides is 2. The number of aryl methyl sites for hydroxylation is 1. The van der Waals surface area contributed by atoms with E-state index in [0.717, 1.165) is 11.6 Å². The van der Waals surface area contributed by atoms with E-state index in [1.807, 2.05) is 19.1 Å². The maximum absolute atomic E-state index is 13.1. The smallest absolute Gasteiger partial charge is 0.417 e. The van der Waals surface area contributed by atoms with Crippen LogP contribution in [-0.2, 0) is 11.0 Å².